The molecule has 0 amide bonds. The van der Waals surface area contributed by atoms with Gasteiger partial charge < -0.3 is 0 Å². The zero-order valence-corrected chi connectivity index (χ0v) is 12.5. The van der Waals surface area contributed by atoms with Crippen molar-refractivity contribution >= 4 is 40.6 Å². The summed E-state index contributed by atoms with van der Waals surface area (Å²) in [6.45, 7) is 1.86. The van der Waals surface area contributed by atoms with Crippen molar-refractivity contribution in [3.8, 4) is 0 Å². The van der Waals surface area contributed by atoms with E-state index in [1.165, 1.54) is 12.1 Å². The number of carbonyl (C=O) groups excluding carboxylic acids is 3. The summed E-state index contributed by atoms with van der Waals surface area (Å²) in [5.41, 5.74) is 0.301. The van der Waals surface area contributed by atoms with Crippen molar-refractivity contribution in [2.45, 2.75) is 26.2 Å². The van der Waals surface area contributed by atoms with E-state index in [0.29, 0.717) is 23.4 Å². The van der Waals surface area contributed by atoms with Gasteiger partial charge in [-0.05, 0) is 24.1 Å². The Bertz CT molecular complexity index is 562. The molecule has 1 aromatic carbocycles. The molecule has 0 heterocycles. The molecular weight excluding hydrogens is 299 g/mol. The molecule has 0 spiro atoms. The van der Waals surface area contributed by atoms with Gasteiger partial charge in [0.2, 0.25) is 0 Å². The molecule has 1 saturated carbocycles. The first-order chi connectivity index (χ1) is 9.38. The fourth-order valence-corrected chi connectivity index (χ4v) is 2.98. The lowest BCUT2D eigenvalue weighted by Crippen LogP contribution is -2.34. The molecule has 0 bridgehead atoms. The highest BCUT2D eigenvalue weighted by molar-refractivity contribution is 6.37. The third kappa shape index (κ3) is 3.28. The van der Waals surface area contributed by atoms with Gasteiger partial charge >= 0.3 is 0 Å². The van der Waals surface area contributed by atoms with Crippen molar-refractivity contribution in [2.75, 3.05) is 0 Å². The topological polar surface area (TPSA) is 51.2 Å². The lowest BCUT2D eigenvalue weighted by atomic mass is 9.78. The standard InChI is InChI=1S/C15H14Cl2O3/c1-8-4-13(18)11(14(19)5-8)7-15(20)10-3-2-9(16)6-12(10)17/h2-3,6,8,11H,4-5,7H2,1H3. The highest BCUT2D eigenvalue weighted by Gasteiger charge is 2.35. The van der Waals surface area contributed by atoms with Crippen LogP contribution in [-0.2, 0) is 9.59 Å². The number of ketones is 3. The first-order valence-electron chi connectivity index (χ1n) is 6.42. The average molecular weight is 313 g/mol. The van der Waals surface area contributed by atoms with Crippen molar-refractivity contribution in [1.82, 2.24) is 0 Å². The predicted molar refractivity (Wildman–Crippen MR) is 77.3 cm³/mol. The zero-order chi connectivity index (χ0) is 14.9. The summed E-state index contributed by atoms with van der Waals surface area (Å²) >= 11 is 11.7. The summed E-state index contributed by atoms with van der Waals surface area (Å²) in [6, 6.07) is 4.56. The summed E-state index contributed by atoms with van der Waals surface area (Å²) in [7, 11) is 0. The quantitative estimate of drug-likeness (QED) is 0.631. The first kappa shape index (κ1) is 15.2. The van der Waals surface area contributed by atoms with Gasteiger partial charge in [0, 0.05) is 29.8 Å². The number of carbonyl (C=O) groups is 3. The average Bonchev–Trinajstić information content (AvgIpc) is 2.33. The van der Waals surface area contributed by atoms with Crippen molar-refractivity contribution in [3.05, 3.63) is 33.8 Å². The third-order valence-corrected chi connectivity index (χ3v) is 4.05. The number of hydrogen-bond acceptors (Lipinski definition) is 3. The van der Waals surface area contributed by atoms with Gasteiger partial charge in [-0.25, -0.2) is 0 Å². The van der Waals surface area contributed by atoms with Crippen molar-refractivity contribution in [1.29, 1.82) is 0 Å². The molecule has 0 N–H and O–H groups in total. The number of Topliss-reactive ketones (excluding diaryl/α,β-unsaturated/α-hetero) is 3. The SMILES string of the molecule is CC1CC(=O)C(CC(=O)c2ccc(Cl)cc2Cl)C(=O)C1. The van der Waals surface area contributed by atoms with E-state index in [1.807, 2.05) is 6.92 Å². The van der Waals surface area contributed by atoms with Crippen LogP contribution in [0, 0.1) is 11.8 Å². The molecule has 0 aliphatic heterocycles. The van der Waals surface area contributed by atoms with Crippen LogP contribution in [0.4, 0.5) is 0 Å². The van der Waals surface area contributed by atoms with Crippen LogP contribution in [0.25, 0.3) is 0 Å². The molecule has 1 fully saturated rings. The van der Waals surface area contributed by atoms with Gasteiger partial charge in [0.1, 0.15) is 11.6 Å². The van der Waals surface area contributed by atoms with Crippen molar-refractivity contribution < 1.29 is 14.4 Å². The maximum absolute atomic E-state index is 12.2. The smallest absolute Gasteiger partial charge is 0.165 e. The van der Waals surface area contributed by atoms with Crippen LogP contribution in [-0.4, -0.2) is 17.3 Å². The summed E-state index contributed by atoms with van der Waals surface area (Å²) < 4.78 is 0. The first-order valence-corrected chi connectivity index (χ1v) is 7.17. The minimum absolute atomic E-state index is 0.0699. The predicted octanol–water partition coefficient (Wildman–Crippen LogP) is 3.75. The second-order valence-electron chi connectivity index (χ2n) is 5.25. The van der Waals surface area contributed by atoms with Crippen LogP contribution >= 0.6 is 23.2 Å². The van der Waals surface area contributed by atoms with Crippen LogP contribution < -0.4 is 0 Å². The van der Waals surface area contributed by atoms with E-state index >= 15 is 0 Å². The molecule has 5 heteroatoms. The summed E-state index contributed by atoms with van der Waals surface area (Å²) in [5.74, 6) is -1.33. The monoisotopic (exact) mass is 312 g/mol. The van der Waals surface area contributed by atoms with Crippen molar-refractivity contribution in [3.63, 3.8) is 0 Å². The maximum atomic E-state index is 12.2. The van der Waals surface area contributed by atoms with Crippen LogP contribution in [0.15, 0.2) is 18.2 Å². The summed E-state index contributed by atoms with van der Waals surface area (Å²) in [4.78, 5) is 36.0. The van der Waals surface area contributed by atoms with E-state index in [0.717, 1.165) is 0 Å². The molecule has 1 aliphatic carbocycles. The lowest BCUT2D eigenvalue weighted by molar-refractivity contribution is -0.137. The Balaban J connectivity index is 2.15. The zero-order valence-electron chi connectivity index (χ0n) is 11.0. The van der Waals surface area contributed by atoms with Crippen LogP contribution in [0.3, 0.4) is 0 Å². The molecule has 1 aromatic rings. The number of benzene rings is 1. The van der Waals surface area contributed by atoms with E-state index in [1.54, 1.807) is 6.07 Å². The van der Waals surface area contributed by atoms with Gasteiger partial charge in [-0.3, -0.25) is 14.4 Å². The second kappa shape index (κ2) is 6.06. The number of hydrogen-bond donors (Lipinski definition) is 0. The Hall–Kier alpha value is -1.19. The van der Waals surface area contributed by atoms with Crippen molar-refractivity contribution in [2.24, 2.45) is 11.8 Å². The Morgan fingerprint density at radius 1 is 1.20 bits per heavy atom. The van der Waals surface area contributed by atoms with Gasteiger partial charge in [0.25, 0.3) is 0 Å². The third-order valence-electron chi connectivity index (χ3n) is 3.50. The molecular formula is C15H14Cl2O3. The number of rotatable bonds is 3. The summed E-state index contributed by atoms with van der Waals surface area (Å²) in [5, 5.41) is 0.678. The highest BCUT2D eigenvalue weighted by Crippen LogP contribution is 2.28. The molecule has 0 radical (unpaired) electrons. The molecule has 0 aromatic heterocycles. The van der Waals surface area contributed by atoms with Gasteiger partial charge in [-0.1, -0.05) is 30.1 Å². The van der Waals surface area contributed by atoms with E-state index < -0.39 is 5.92 Å². The fourth-order valence-electron chi connectivity index (χ4n) is 2.46. The Labute approximate surface area is 127 Å². The van der Waals surface area contributed by atoms with Gasteiger partial charge in [-0.15, -0.1) is 0 Å². The Morgan fingerprint density at radius 3 is 2.35 bits per heavy atom. The molecule has 0 unspecified atom stereocenters. The minimum atomic E-state index is -0.814. The molecule has 20 heavy (non-hydrogen) atoms. The number of halogens is 2. The molecule has 2 rings (SSSR count). The molecule has 0 saturated heterocycles. The Morgan fingerprint density at radius 2 is 1.80 bits per heavy atom. The highest BCUT2D eigenvalue weighted by atomic mass is 35.5. The maximum Gasteiger partial charge on any atom is 0.165 e. The van der Waals surface area contributed by atoms with Gasteiger partial charge in [0.05, 0.1) is 10.9 Å². The van der Waals surface area contributed by atoms with E-state index in [-0.39, 0.29) is 34.7 Å². The molecule has 106 valence electrons. The minimum Gasteiger partial charge on any atom is -0.299 e. The lowest BCUT2D eigenvalue weighted by Gasteiger charge is -2.23. The van der Waals surface area contributed by atoms with E-state index in [9.17, 15) is 14.4 Å². The van der Waals surface area contributed by atoms with E-state index in [4.69, 9.17) is 23.2 Å². The van der Waals surface area contributed by atoms with Gasteiger partial charge in [-0.2, -0.15) is 0 Å². The van der Waals surface area contributed by atoms with Crippen LogP contribution in [0.2, 0.25) is 10.0 Å². The summed E-state index contributed by atoms with van der Waals surface area (Å²) in [6.07, 6.45) is 0.613. The second-order valence-corrected chi connectivity index (χ2v) is 6.09. The van der Waals surface area contributed by atoms with Crippen LogP contribution in [0.5, 0.6) is 0 Å². The van der Waals surface area contributed by atoms with E-state index in [2.05, 4.69) is 0 Å². The van der Waals surface area contributed by atoms with Crippen LogP contribution in [0.1, 0.15) is 36.5 Å². The molecule has 1 aliphatic rings. The largest absolute Gasteiger partial charge is 0.299 e. The van der Waals surface area contributed by atoms with Gasteiger partial charge in [0.15, 0.2) is 5.78 Å². The Kier molecular flexibility index (Phi) is 4.61. The normalized spacial score (nSPS) is 22.9. The fraction of sp³-hybridized carbons (Fsp3) is 0.400. The molecule has 3 nitrogen and oxygen atoms in total. The molecule has 0 atom stereocenters.